The summed E-state index contributed by atoms with van der Waals surface area (Å²) in [5.41, 5.74) is -2.51. The Labute approximate surface area is 247 Å². The predicted molar refractivity (Wildman–Crippen MR) is 158 cm³/mol. The normalized spacial score (nSPS) is 46.5. The smallest absolute Gasteiger partial charge is 0.309 e. The molecule has 9 heteroatoms. The van der Waals surface area contributed by atoms with Crippen molar-refractivity contribution >= 4 is 11.7 Å². The molecule has 240 valence electrons. The van der Waals surface area contributed by atoms with Gasteiger partial charge in [0.25, 0.3) is 0 Å². The number of esters is 1. The summed E-state index contributed by atoms with van der Waals surface area (Å²) >= 11 is 0. The van der Waals surface area contributed by atoms with Crippen molar-refractivity contribution < 1.29 is 38.8 Å². The lowest BCUT2D eigenvalue weighted by molar-refractivity contribution is -0.193. The SMILES string of the molecule is CC[C@H]1OC(=O)C(C)[C@@H](C2C[C@H](C)C[C@H](C)O2)[C@H](C)[C@@H](C)[C@](C)(O)C[C@@H](C)/C(=N\OCCCF)[C@H](C)[C@@H](O)[C@]1(C)O. The molecule has 2 saturated heterocycles. The molecule has 0 aromatic carbocycles. The summed E-state index contributed by atoms with van der Waals surface area (Å²) in [7, 11) is 0. The van der Waals surface area contributed by atoms with Crippen LogP contribution < -0.4 is 0 Å². The van der Waals surface area contributed by atoms with E-state index in [1.54, 1.807) is 13.8 Å². The number of rotatable bonds is 6. The van der Waals surface area contributed by atoms with Gasteiger partial charge in [-0.2, -0.15) is 0 Å². The van der Waals surface area contributed by atoms with Crippen LogP contribution in [0.2, 0.25) is 0 Å². The van der Waals surface area contributed by atoms with Gasteiger partial charge < -0.3 is 29.6 Å². The zero-order valence-electron chi connectivity index (χ0n) is 27.1. The zero-order chi connectivity index (χ0) is 31.3. The van der Waals surface area contributed by atoms with Crippen LogP contribution in [-0.2, 0) is 19.1 Å². The standard InChI is InChI=1S/C32H58FNO7/c1-11-26-32(10,38)29(35)23(7)28(34-39-14-12-13-33)19(3)17-31(9,37)24(8)21(5)27(22(6)30(36)41-26)25-16-18(2)15-20(4)40-25/h18-27,29,35,37-38H,11-17H2,1-10H3/b34-28+/t18-,19-,20+,21-,22?,23+,24-,25?,26-,27+,29-,31-,32-/m1/s1. The lowest BCUT2D eigenvalue weighted by Crippen LogP contribution is -2.57. The first kappa shape index (κ1) is 35.9. The summed E-state index contributed by atoms with van der Waals surface area (Å²) in [4.78, 5) is 19.2. The lowest BCUT2D eigenvalue weighted by atomic mass is 9.65. The van der Waals surface area contributed by atoms with Crippen LogP contribution in [0.15, 0.2) is 5.16 Å². The first-order valence-corrected chi connectivity index (χ1v) is 15.7. The topological polar surface area (TPSA) is 118 Å². The summed E-state index contributed by atoms with van der Waals surface area (Å²) in [5.74, 6) is -2.21. The van der Waals surface area contributed by atoms with Gasteiger partial charge in [-0.05, 0) is 64.2 Å². The molecule has 41 heavy (non-hydrogen) atoms. The monoisotopic (exact) mass is 587 g/mol. The third-order valence-corrected chi connectivity index (χ3v) is 10.1. The van der Waals surface area contributed by atoms with Crippen LogP contribution in [0.25, 0.3) is 0 Å². The number of carbonyl (C=O) groups is 1. The van der Waals surface area contributed by atoms with Crippen molar-refractivity contribution in [2.75, 3.05) is 13.3 Å². The molecule has 8 nitrogen and oxygen atoms in total. The maximum atomic E-state index is 13.8. The predicted octanol–water partition coefficient (Wildman–Crippen LogP) is 5.31. The van der Waals surface area contributed by atoms with Gasteiger partial charge in [0.15, 0.2) is 0 Å². The van der Waals surface area contributed by atoms with Gasteiger partial charge in [-0.15, -0.1) is 0 Å². The molecule has 2 aliphatic heterocycles. The van der Waals surface area contributed by atoms with Crippen molar-refractivity contribution in [2.45, 2.75) is 137 Å². The highest BCUT2D eigenvalue weighted by Gasteiger charge is 2.50. The Kier molecular flexibility index (Phi) is 13.1. The summed E-state index contributed by atoms with van der Waals surface area (Å²) < 4.78 is 25.1. The van der Waals surface area contributed by atoms with Crippen molar-refractivity contribution in [3.8, 4) is 0 Å². The van der Waals surface area contributed by atoms with Gasteiger partial charge in [0.1, 0.15) is 18.3 Å². The molecule has 2 heterocycles. The summed E-state index contributed by atoms with van der Waals surface area (Å²) in [5, 5.41) is 39.3. The third-order valence-electron chi connectivity index (χ3n) is 10.1. The fourth-order valence-electron chi connectivity index (χ4n) is 7.38. The van der Waals surface area contributed by atoms with Gasteiger partial charge in [0.05, 0.1) is 42.2 Å². The maximum absolute atomic E-state index is 13.8. The first-order chi connectivity index (χ1) is 19.0. The Hall–Kier alpha value is -1.29. The van der Waals surface area contributed by atoms with E-state index in [1.807, 2.05) is 27.7 Å². The minimum absolute atomic E-state index is 0.0556. The second kappa shape index (κ2) is 14.9. The third kappa shape index (κ3) is 8.64. The molecule has 0 bridgehead atoms. The number of ether oxygens (including phenoxy) is 2. The van der Waals surface area contributed by atoms with Crippen LogP contribution >= 0.6 is 0 Å². The van der Waals surface area contributed by atoms with Crippen molar-refractivity contribution in [2.24, 2.45) is 46.6 Å². The Morgan fingerprint density at radius 2 is 1.68 bits per heavy atom. The van der Waals surface area contributed by atoms with Gasteiger partial charge in [-0.25, -0.2) is 0 Å². The Morgan fingerprint density at radius 3 is 2.24 bits per heavy atom. The van der Waals surface area contributed by atoms with Crippen molar-refractivity contribution in [3.05, 3.63) is 0 Å². The quantitative estimate of drug-likeness (QED) is 0.219. The minimum Gasteiger partial charge on any atom is -0.459 e. The van der Waals surface area contributed by atoms with Crippen LogP contribution in [0.5, 0.6) is 0 Å². The van der Waals surface area contributed by atoms with Gasteiger partial charge in [0.2, 0.25) is 0 Å². The van der Waals surface area contributed by atoms with Crippen molar-refractivity contribution in [3.63, 3.8) is 0 Å². The van der Waals surface area contributed by atoms with E-state index >= 15 is 0 Å². The molecule has 0 amide bonds. The first-order valence-electron chi connectivity index (χ1n) is 15.7. The second-order valence-electron chi connectivity index (χ2n) is 13.7. The minimum atomic E-state index is -1.80. The highest BCUT2D eigenvalue weighted by Crippen LogP contribution is 2.44. The Morgan fingerprint density at radius 1 is 1.05 bits per heavy atom. The zero-order valence-corrected chi connectivity index (χ0v) is 27.1. The molecule has 0 saturated carbocycles. The second-order valence-corrected chi connectivity index (χ2v) is 13.7. The lowest BCUT2D eigenvalue weighted by Gasteiger charge is -2.47. The van der Waals surface area contributed by atoms with Gasteiger partial charge >= 0.3 is 5.97 Å². The van der Waals surface area contributed by atoms with E-state index in [-0.39, 0.29) is 48.9 Å². The molecular formula is C32H58FNO7. The summed E-state index contributed by atoms with van der Waals surface area (Å²) in [6, 6.07) is 0. The van der Waals surface area contributed by atoms with E-state index in [0.29, 0.717) is 24.5 Å². The molecule has 2 aliphatic rings. The molecule has 2 rings (SSSR count). The van der Waals surface area contributed by atoms with Gasteiger partial charge in [0, 0.05) is 24.2 Å². The highest BCUT2D eigenvalue weighted by atomic mass is 19.1. The molecule has 0 aromatic rings. The summed E-state index contributed by atoms with van der Waals surface area (Å²) in [6.45, 7) is 18.5. The molecule has 2 fully saturated rings. The molecular weight excluding hydrogens is 529 g/mol. The number of oxime groups is 1. The molecule has 0 aliphatic carbocycles. The number of nitrogens with zero attached hydrogens (tertiary/aromatic N) is 1. The van der Waals surface area contributed by atoms with Crippen LogP contribution in [0.1, 0.15) is 101 Å². The number of aliphatic hydroxyl groups is 3. The van der Waals surface area contributed by atoms with Crippen LogP contribution in [-0.4, -0.2) is 75.9 Å². The number of cyclic esters (lactones) is 1. The van der Waals surface area contributed by atoms with Crippen molar-refractivity contribution in [1.29, 1.82) is 0 Å². The Bertz CT molecular complexity index is 855. The van der Waals surface area contributed by atoms with Crippen molar-refractivity contribution in [1.82, 2.24) is 0 Å². The highest BCUT2D eigenvalue weighted by molar-refractivity contribution is 5.88. The number of hydrogen-bond donors (Lipinski definition) is 3. The van der Waals surface area contributed by atoms with E-state index in [4.69, 9.17) is 14.3 Å². The molecule has 0 spiro atoms. The average molecular weight is 588 g/mol. The number of aliphatic hydroxyl groups excluding tert-OH is 1. The Balaban J connectivity index is 2.62. The van der Waals surface area contributed by atoms with Gasteiger partial charge in [-0.1, -0.05) is 53.6 Å². The van der Waals surface area contributed by atoms with E-state index in [1.165, 1.54) is 6.92 Å². The van der Waals surface area contributed by atoms with Crippen LogP contribution in [0.3, 0.4) is 0 Å². The number of carbonyl (C=O) groups excluding carboxylic acids is 1. The van der Waals surface area contributed by atoms with E-state index < -0.39 is 47.9 Å². The molecule has 13 atom stereocenters. The fraction of sp³-hybridized carbons (Fsp3) is 0.938. The van der Waals surface area contributed by atoms with E-state index in [0.717, 1.165) is 12.8 Å². The molecule has 3 N–H and O–H groups in total. The molecule has 0 aromatic heterocycles. The van der Waals surface area contributed by atoms with E-state index in [2.05, 4.69) is 25.9 Å². The average Bonchev–Trinajstić information content (AvgIpc) is 2.88. The van der Waals surface area contributed by atoms with Crippen LogP contribution in [0.4, 0.5) is 4.39 Å². The number of halogens is 1. The number of hydrogen-bond acceptors (Lipinski definition) is 8. The van der Waals surface area contributed by atoms with Crippen LogP contribution in [0, 0.1) is 41.4 Å². The number of alkyl halides is 1. The fourth-order valence-corrected chi connectivity index (χ4v) is 7.38. The molecule has 0 radical (unpaired) electrons. The maximum Gasteiger partial charge on any atom is 0.309 e. The van der Waals surface area contributed by atoms with Gasteiger partial charge in [-0.3, -0.25) is 9.18 Å². The largest absolute Gasteiger partial charge is 0.459 e. The summed E-state index contributed by atoms with van der Waals surface area (Å²) in [6.07, 6.45) is 0.0808. The molecule has 2 unspecified atom stereocenters. The van der Waals surface area contributed by atoms with E-state index in [9.17, 15) is 24.5 Å².